The topological polar surface area (TPSA) is 16.1 Å². The maximum absolute atomic E-state index is 4.41. The third-order valence-electron chi connectivity index (χ3n) is 4.38. The molecule has 0 saturated carbocycles. The summed E-state index contributed by atoms with van der Waals surface area (Å²) >= 11 is 0. The lowest BCUT2D eigenvalue weighted by Crippen LogP contribution is -2.28. The lowest BCUT2D eigenvalue weighted by Gasteiger charge is -2.25. The molecule has 86 valence electrons. The Morgan fingerprint density at radius 1 is 0.941 bits per heavy atom. The van der Waals surface area contributed by atoms with Crippen LogP contribution in [0.1, 0.15) is 25.7 Å². The molecule has 0 radical (unpaired) electrons. The molecule has 2 aliphatic heterocycles. The quantitative estimate of drug-likeness (QED) is 0.738. The standard InChI is InChI=1S/C15H16N2/c1-2-4-14-11(3-1)9-16-10-15(14)17-12-5-6-13(17)8-7-12/h1-4,9-10,12-13H,5-8H2. The van der Waals surface area contributed by atoms with Crippen LogP contribution >= 0.6 is 0 Å². The van der Waals surface area contributed by atoms with Crippen molar-refractivity contribution < 1.29 is 0 Å². The number of anilines is 1. The van der Waals surface area contributed by atoms with Crippen molar-refractivity contribution in [3.63, 3.8) is 0 Å². The van der Waals surface area contributed by atoms with E-state index in [1.54, 1.807) is 0 Å². The van der Waals surface area contributed by atoms with Gasteiger partial charge in [-0.3, -0.25) is 4.98 Å². The number of benzene rings is 1. The van der Waals surface area contributed by atoms with Crippen LogP contribution in [0.3, 0.4) is 0 Å². The fourth-order valence-corrected chi connectivity index (χ4v) is 3.61. The number of pyridine rings is 1. The van der Waals surface area contributed by atoms with Gasteiger partial charge in [-0.05, 0) is 25.7 Å². The number of aromatic nitrogens is 1. The summed E-state index contributed by atoms with van der Waals surface area (Å²) in [4.78, 5) is 7.05. The summed E-state index contributed by atoms with van der Waals surface area (Å²) < 4.78 is 0. The van der Waals surface area contributed by atoms with Gasteiger partial charge in [-0.1, -0.05) is 24.3 Å². The van der Waals surface area contributed by atoms with Crippen molar-refractivity contribution >= 4 is 16.5 Å². The number of fused-ring (bicyclic) bond motifs is 3. The monoisotopic (exact) mass is 224 g/mol. The number of nitrogens with zero attached hydrogens (tertiary/aromatic N) is 2. The smallest absolute Gasteiger partial charge is 0.0637 e. The molecular weight excluding hydrogens is 208 g/mol. The minimum Gasteiger partial charge on any atom is -0.364 e. The second-order valence-corrected chi connectivity index (χ2v) is 5.25. The van der Waals surface area contributed by atoms with Crippen LogP contribution in [0.25, 0.3) is 10.8 Å². The van der Waals surface area contributed by atoms with Crippen molar-refractivity contribution in [3.8, 4) is 0 Å². The summed E-state index contributed by atoms with van der Waals surface area (Å²) in [7, 11) is 0. The molecule has 2 nitrogen and oxygen atoms in total. The number of rotatable bonds is 1. The second-order valence-electron chi connectivity index (χ2n) is 5.25. The maximum Gasteiger partial charge on any atom is 0.0637 e. The summed E-state index contributed by atoms with van der Waals surface area (Å²) in [6.45, 7) is 0. The Morgan fingerprint density at radius 2 is 1.65 bits per heavy atom. The van der Waals surface area contributed by atoms with E-state index in [0.717, 1.165) is 12.1 Å². The van der Waals surface area contributed by atoms with Crippen LogP contribution in [-0.2, 0) is 0 Å². The molecule has 2 fully saturated rings. The van der Waals surface area contributed by atoms with E-state index >= 15 is 0 Å². The molecule has 1 aromatic heterocycles. The molecular formula is C15H16N2. The predicted octanol–water partition coefficient (Wildman–Crippen LogP) is 3.37. The van der Waals surface area contributed by atoms with Gasteiger partial charge in [0.25, 0.3) is 0 Å². The summed E-state index contributed by atoms with van der Waals surface area (Å²) in [5.41, 5.74) is 1.35. The van der Waals surface area contributed by atoms with Crippen LogP contribution < -0.4 is 4.90 Å². The molecule has 0 atom stereocenters. The number of hydrogen-bond acceptors (Lipinski definition) is 2. The molecule has 2 saturated heterocycles. The van der Waals surface area contributed by atoms with E-state index in [0.29, 0.717) is 0 Å². The predicted molar refractivity (Wildman–Crippen MR) is 70.3 cm³/mol. The largest absolute Gasteiger partial charge is 0.364 e. The fraction of sp³-hybridized carbons (Fsp3) is 0.400. The Balaban J connectivity index is 1.91. The number of hydrogen-bond donors (Lipinski definition) is 0. The van der Waals surface area contributed by atoms with Gasteiger partial charge < -0.3 is 4.90 Å². The van der Waals surface area contributed by atoms with Gasteiger partial charge in [0.1, 0.15) is 0 Å². The van der Waals surface area contributed by atoms with Gasteiger partial charge >= 0.3 is 0 Å². The minimum absolute atomic E-state index is 0.771. The molecule has 0 amide bonds. The Bertz CT molecular complexity index is 538. The molecule has 1 aromatic carbocycles. The third-order valence-corrected chi connectivity index (χ3v) is 4.38. The zero-order chi connectivity index (χ0) is 11.2. The van der Waals surface area contributed by atoms with Gasteiger partial charge in [0.15, 0.2) is 0 Å². The lowest BCUT2D eigenvalue weighted by molar-refractivity contribution is 0.576. The first-order valence-electron chi connectivity index (χ1n) is 6.54. The molecule has 2 aliphatic rings. The first kappa shape index (κ1) is 9.46. The van der Waals surface area contributed by atoms with Gasteiger partial charge in [-0.15, -0.1) is 0 Å². The maximum atomic E-state index is 4.41. The molecule has 2 heteroatoms. The zero-order valence-electron chi connectivity index (χ0n) is 9.84. The van der Waals surface area contributed by atoms with Gasteiger partial charge in [0, 0.05) is 29.1 Å². The average molecular weight is 224 g/mol. The molecule has 0 spiro atoms. The SMILES string of the molecule is c1ccc2c(N3C4CCC3CC4)cncc2c1. The van der Waals surface area contributed by atoms with Crippen molar-refractivity contribution in [2.24, 2.45) is 0 Å². The molecule has 2 aromatic rings. The fourth-order valence-electron chi connectivity index (χ4n) is 3.61. The van der Waals surface area contributed by atoms with Crippen molar-refractivity contribution in [1.29, 1.82) is 0 Å². The Labute approximate surface area is 101 Å². The highest BCUT2D eigenvalue weighted by atomic mass is 15.2. The van der Waals surface area contributed by atoms with E-state index in [1.165, 1.54) is 42.1 Å². The van der Waals surface area contributed by atoms with E-state index in [1.807, 2.05) is 6.20 Å². The van der Waals surface area contributed by atoms with Gasteiger partial charge in [0.2, 0.25) is 0 Å². The Morgan fingerprint density at radius 3 is 2.41 bits per heavy atom. The molecule has 2 bridgehead atoms. The first-order valence-corrected chi connectivity index (χ1v) is 6.54. The van der Waals surface area contributed by atoms with Gasteiger partial charge in [0.05, 0.1) is 11.9 Å². The highest BCUT2D eigenvalue weighted by Crippen LogP contribution is 2.42. The Hall–Kier alpha value is -1.57. The van der Waals surface area contributed by atoms with Crippen LogP contribution in [0.4, 0.5) is 5.69 Å². The summed E-state index contributed by atoms with van der Waals surface area (Å²) in [6.07, 6.45) is 9.50. The summed E-state index contributed by atoms with van der Waals surface area (Å²) in [6, 6.07) is 10.1. The van der Waals surface area contributed by atoms with E-state index in [-0.39, 0.29) is 0 Å². The summed E-state index contributed by atoms with van der Waals surface area (Å²) in [5.74, 6) is 0. The molecule has 0 unspecified atom stereocenters. The van der Waals surface area contributed by atoms with Gasteiger partial charge in [-0.25, -0.2) is 0 Å². The highest BCUT2D eigenvalue weighted by molar-refractivity contribution is 5.93. The van der Waals surface area contributed by atoms with E-state index in [2.05, 4.69) is 40.3 Å². The van der Waals surface area contributed by atoms with E-state index in [4.69, 9.17) is 0 Å². The Kier molecular flexibility index (Phi) is 1.92. The third kappa shape index (κ3) is 1.30. The van der Waals surface area contributed by atoms with Gasteiger partial charge in [-0.2, -0.15) is 0 Å². The van der Waals surface area contributed by atoms with Crippen LogP contribution in [0, 0.1) is 0 Å². The van der Waals surface area contributed by atoms with Crippen LogP contribution in [0.15, 0.2) is 36.7 Å². The molecule has 0 aliphatic carbocycles. The van der Waals surface area contributed by atoms with Crippen LogP contribution in [-0.4, -0.2) is 17.1 Å². The first-order chi connectivity index (χ1) is 8.43. The normalized spacial score (nSPS) is 26.9. The van der Waals surface area contributed by atoms with E-state index < -0.39 is 0 Å². The molecule has 3 heterocycles. The lowest BCUT2D eigenvalue weighted by atomic mass is 10.0. The molecule has 0 N–H and O–H groups in total. The summed E-state index contributed by atoms with van der Waals surface area (Å²) in [5, 5.41) is 2.62. The highest BCUT2D eigenvalue weighted by Gasteiger charge is 2.39. The molecule has 4 rings (SSSR count). The second kappa shape index (κ2) is 3.46. The zero-order valence-corrected chi connectivity index (χ0v) is 9.84. The minimum atomic E-state index is 0.771. The van der Waals surface area contributed by atoms with Crippen molar-refractivity contribution in [1.82, 2.24) is 4.98 Å². The van der Waals surface area contributed by atoms with Crippen molar-refractivity contribution in [3.05, 3.63) is 36.7 Å². The van der Waals surface area contributed by atoms with E-state index in [9.17, 15) is 0 Å². The molecule has 17 heavy (non-hydrogen) atoms. The van der Waals surface area contributed by atoms with Crippen molar-refractivity contribution in [2.45, 2.75) is 37.8 Å². The van der Waals surface area contributed by atoms with Crippen molar-refractivity contribution in [2.75, 3.05) is 4.90 Å². The average Bonchev–Trinajstić information content (AvgIpc) is 2.98. The van der Waals surface area contributed by atoms with Crippen LogP contribution in [0.5, 0.6) is 0 Å². The van der Waals surface area contributed by atoms with Crippen LogP contribution in [0.2, 0.25) is 0 Å².